The van der Waals surface area contributed by atoms with Crippen molar-refractivity contribution >= 4 is 38.9 Å². The molecular formula is C27H28ClF3N2O5S. The lowest BCUT2D eigenvalue weighted by molar-refractivity contribution is -0.120. The number of allylic oxidation sites excluding steroid dienone is 1. The Balaban J connectivity index is 1.56. The van der Waals surface area contributed by atoms with Crippen LogP contribution in [0.1, 0.15) is 43.5 Å². The van der Waals surface area contributed by atoms with Gasteiger partial charge in [0.15, 0.2) is 27.3 Å². The lowest BCUT2D eigenvalue weighted by atomic mass is 9.73. The van der Waals surface area contributed by atoms with Crippen LogP contribution < -0.4 is 10.6 Å². The number of anilines is 1. The molecule has 2 aromatic rings. The first-order valence-electron chi connectivity index (χ1n) is 12.4. The number of amides is 2. The Hall–Kier alpha value is -2.89. The van der Waals surface area contributed by atoms with Crippen molar-refractivity contribution in [3.05, 3.63) is 70.5 Å². The Bertz CT molecular complexity index is 1430. The normalized spacial score (nSPS) is 26.5. The van der Waals surface area contributed by atoms with Gasteiger partial charge in [0, 0.05) is 29.9 Å². The highest BCUT2D eigenvalue weighted by atomic mass is 35.5. The van der Waals surface area contributed by atoms with Crippen molar-refractivity contribution in [1.82, 2.24) is 5.32 Å². The molecule has 0 spiro atoms. The number of hydrogen-bond acceptors (Lipinski definition) is 5. The van der Waals surface area contributed by atoms with Gasteiger partial charge in [-0.05, 0) is 68.2 Å². The first-order valence-corrected chi connectivity index (χ1v) is 14.3. The second-order valence-corrected chi connectivity index (χ2v) is 12.8. The molecule has 2 aliphatic rings. The van der Waals surface area contributed by atoms with Crippen LogP contribution in [0.15, 0.2) is 47.4 Å². The summed E-state index contributed by atoms with van der Waals surface area (Å²) in [4.78, 5) is 24.4. The van der Waals surface area contributed by atoms with Gasteiger partial charge in [0.2, 0.25) is 5.91 Å². The second kappa shape index (κ2) is 10.9. The van der Waals surface area contributed by atoms with Crippen molar-refractivity contribution in [2.45, 2.75) is 48.9 Å². The zero-order chi connectivity index (χ0) is 28.7. The number of rotatable bonds is 7. The number of nitrogens with one attached hydrogen (secondary N) is 2. The van der Waals surface area contributed by atoms with Gasteiger partial charge in [-0.1, -0.05) is 24.6 Å². The third-order valence-electron chi connectivity index (χ3n) is 7.80. The number of aliphatic hydroxyl groups is 1. The number of carbonyl (C=O) groups is 2. The van der Waals surface area contributed by atoms with Crippen LogP contribution in [0, 0.1) is 35.2 Å². The van der Waals surface area contributed by atoms with Gasteiger partial charge in [-0.2, -0.15) is 0 Å². The van der Waals surface area contributed by atoms with Crippen LogP contribution in [0.3, 0.4) is 0 Å². The van der Waals surface area contributed by atoms with E-state index in [0.717, 1.165) is 6.07 Å². The Morgan fingerprint density at radius 3 is 2.41 bits per heavy atom. The highest BCUT2D eigenvalue weighted by Crippen LogP contribution is 2.54. The van der Waals surface area contributed by atoms with Gasteiger partial charge in [-0.25, -0.2) is 21.6 Å². The largest absolute Gasteiger partial charge is 0.387 e. The minimum absolute atomic E-state index is 0.00357. The minimum Gasteiger partial charge on any atom is -0.387 e. The van der Waals surface area contributed by atoms with Gasteiger partial charge in [0.1, 0.15) is 0 Å². The molecule has 7 nitrogen and oxygen atoms in total. The van der Waals surface area contributed by atoms with Crippen molar-refractivity contribution < 1.29 is 36.3 Å². The molecule has 0 radical (unpaired) electrons. The predicted molar refractivity (Wildman–Crippen MR) is 139 cm³/mol. The standard InChI is InChI=1S/C27H28ClF3N2O5S/c1-3-4-24(34)32-13-27(36)16-7-14(2)19(27)12-18(9-16)39(37,38)23-8-15(5-6-20(23)28)26(35)33-17-10-21(29)25(31)22(30)11-17/h3-6,8,10-11,14,16,18-19,36H,7,9,12-13H2,1-2H3,(H,32,34)(H,33,35)/b4-3+/t14-,16?,18+,19?,27+/m0/s1. The molecule has 2 amide bonds. The molecule has 0 aliphatic heterocycles. The number of sulfone groups is 1. The molecule has 2 aromatic carbocycles. The highest BCUT2D eigenvalue weighted by molar-refractivity contribution is 7.92. The van der Waals surface area contributed by atoms with Crippen molar-refractivity contribution in [1.29, 1.82) is 0 Å². The van der Waals surface area contributed by atoms with Crippen LogP contribution in [-0.4, -0.2) is 42.7 Å². The SMILES string of the molecule is C/C=C/C(=O)NC[C@@]1(O)C2C[C@@H](S(=O)(=O)c3cc(C(=O)Nc4cc(F)c(F)c(F)c4)ccc3Cl)CC1[C@@H](C)C2. The maximum absolute atomic E-state index is 13.7. The number of carbonyl (C=O) groups excluding carboxylic acids is 2. The topological polar surface area (TPSA) is 113 Å². The lowest BCUT2D eigenvalue weighted by Crippen LogP contribution is -2.55. The van der Waals surface area contributed by atoms with E-state index >= 15 is 0 Å². The van der Waals surface area contributed by atoms with Crippen LogP contribution in [0.2, 0.25) is 5.02 Å². The van der Waals surface area contributed by atoms with Gasteiger partial charge < -0.3 is 15.7 Å². The van der Waals surface area contributed by atoms with E-state index in [4.69, 9.17) is 11.6 Å². The molecule has 4 rings (SSSR count). The molecule has 2 fully saturated rings. The Morgan fingerprint density at radius 1 is 1.13 bits per heavy atom. The molecule has 5 atom stereocenters. The third-order valence-corrected chi connectivity index (χ3v) is 10.5. The van der Waals surface area contributed by atoms with E-state index in [9.17, 15) is 36.3 Å². The molecule has 0 heterocycles. The summed E-state index contributed by atoms with van der Waals surface area (Å²) < 4.78 is 67.8. The summed E-state index contributed by atoms with van der Waals surface area (Å²) >= 11 is 6.26. The average molecular weight is 585 g/mol. The summed E-state index contributed by atoms with van der Waals surface area (Å²) in [5.41, 5.74) is -1.75. The van der Waals surface area contributed by atoms with Crippen LogP contribution >= 0.6 is 11.6 Å². The van der Waals surface area contributed by atoms with E-state index in [-0.39, 0.29) is 58.3 Å². The summed E-state index contributed by atoms with van der Waals surface area (Å²) in [6.45, 7) is 3.64. The van der Waals surface area contributed by atoms with Crippen LogP contribution in [0.25, 0.3) is 0 Å². The summed E-state index contributed by atoms with van der Waals surface area (Å²) in [5.74, 6) is -6.66. The maximum Gasteiger partial charge on any atom is 0.255 e. The smallest absolute Gasteiger partial charge is 0.255 e. The molecule has 0 saturated heterocycles. The molecule has 2 aliphatic carbocycles. The molecule has 0 aromatic heterocycles. The van der Waals surface area contributed by atoms with Gasteiger partial charge in [0.25, 0.3) is 5.91 Å². The number of fused-ring (bicyclic) bond motifs is 2. The molecule has 39 heavy (non-hydrogen) atoms. The lowest BCUT2D eigenvalue weighted by Gasteiger charge is -2.43. The van der Waals surface area contributed by atoms with Gasteiger partial charge >= 0.3 is 0 Å². The van der Waals surface area contributed by atoms with E-state index in [1.165, 1.54) is 18.2 Å². The van der Waals surface area contributed by atoms with Crippen molar-refractivity contribution in [2.24, 2.45) is 17.8 Å². The Kier molecular flexibility index (Phi) is 8.16. The molecule has 2 bridgehead atoms. The van der Waals surface area contributed by atoms with Crippen molar-refractivity contribution in [2.75, 3.05) is 11.9 Å². The summed E-state index contributed by atoms with van der Waals surface area (Å²) in [6, 6.07) is 4.79. The Labute approximate surface area is 229 Å². The minimum atomic E-state index is -4.07. The predicted octanol–water partition coefficient (Wildman–Crippen LogP) is 4.64. The molecule has 12 heteroatoms. The monoisotopic (exact) mass is 584 g/mol. The fourth-order valence-electron chi connectivity index (χ4n) is 5.89. The van der Waals surface area contributed by atoms with E-state index in [2.05, 4.69) is 10.6 Å². The average Bonchev–Trinajstić information content (AvgIpc) is 2.99. The van der Waals surface area contributed by atoms with Crippen LogP contribution in [0.5, 0.6) is 0 Å². The molecule has 2 unspecified atom stereocenters. The maximum atomic E-state index is 13.7. The van der Waals surface area contributed by atoms with Gasteiger partial charge in [0.05, 0.1) is 20.8 Å². The van der Waals surface area contributed by atoms with Crippen LogP contribution in [0.4, 0.5) is 18.9 Å². The zero-order valence-corrected chi connectivity index (χ0v) is 22.8. The van der Waals surface area contributed by atoms with E-state index in [1.807, 2.05) is 6.92 Å². The van der Waals surface area contributed by atoms with Crippen LogP contribution in [-0.2, 0) is 14.6 Å². The molecule has 210 valence electrons. The van der Waals surface area contributed by atoms with Crippen molar-refractivity contribution in [3.8, 4) is 0 Å². The fourth-order valence-corrected chi connectivity index (χ4v) is 8.26. The fraction of sp³-hybridized carbons (Fsp3) is 0.407. The Morgan fingerprint density at radius 2 is 1.79 bits per heavy atom. The zero-order valence-electron chi connectivity index (χ0n) is 21.2. The van der Waals surface area contributed by atoms with E-state index in [0.29, 0.717) is 18.6 Å². The molecule has 3 N–H and O–H groups in total. The molecule has 2 saturated carbocycles. The van der Waals surface area contributed by atoms with Crippen molar-refractivity contribution in [3.63, 3.8) is 0 Å². The number of hydrogen-bond donors (Lipinski definition) is 3. The highest BCUT2D eigenvalue weighted by Gasteiger charge is 2.58. The summed E-state index contributed by atoms with van der Waals surface area (Å²) in [5, 5.41) is 15.4. The summed E-state index contributed by atoms with van der Waals surface area (Å²) in [7, 11) is -4.07. The first-order chi connectivity index (χ1) is 18.3. The third kappa shape index (κ3) is 5.57. The molecular weight excluding hydrogens is 557 g/mol. The second-order valence-electron chi connectivity index (χ2n) is 10.2. The quantitative estimate of drug-likeness (QED) is 0.324. The van der Waals surface area contributed by atoms with Gasteiger partial charge in [-0.15, -0.1) is 0 Å². The van der Waals surface area contributed by atoms with E-state index in [1.54, 1.807) is 13.0 Å². The summed E-state index contributed by atoms with van der Waals surface area (Å²) in [6.07, 6.45) is 3.79. The number of benzene rings is 2. The van der Waals surface area contributed by atoms with Gasteiger partial charge in [-0.3, -0.25) is 9.59 Å². The first kappa shape index (κ1) is 29.1. The van der Waals surface area contributed by atoms with E-state index < -0.39 is 50.0 Å². The number of halogens is 4.